The standard InChI is InChI=1S/C88H84N4O12/c1-85(2,3)53-19-27-57(28-20-53)101-67-39-63-73-64(82(96)91(81(63)95)45-71(93)89-43-51-17-13-15-49(35-51)37-61-47-99-61)41-69(103-59-31-23-55(24-32-59)87(7,8)9)77-78-70(104-60-33-25-56(26-34-60)88(10,11)12)42-66-74-65(40-68(76(80(74)78)75(67)79(73)77)102-58-29-21-54(22-30-58)86(4,5)6)83(97)92(84(66)98)46-72(94)90-44-52-18-14-16-50(36-52)38-62-48-100-62/h13-36,39-42,61-62H,37-38,43-48H2,1-12H3,(H,89,93)(H,90,94). The lowest BCUT2D eigenvalue weighted by atomic mass is 9.80. The van der Waals surface area contributed by atoms with Crippen molar-refractivity contribution in [2.75, 3.05) is 26.3 Å². The zero-order chi connectivity index (χ0) is 73.1. The molecule has 0 radical (unpaired) electrons. The Labute approximate surface area is 604 Å². The predicted octanol–water partition coefficient (Wildman–Crippen LogP) is 17.8. The zero-order valence-electron chi connectivity index (χ0n) is 60.8. The van der Waals surface area contributed by atoms with Gasteiger partial charge in [0.25, 0.3) is 23.6 Å². The van der Waals surface area contributed by atoms with Gasteiger partial charge >= 0.3 is 0 Å². The van der Waals surface area contributed by atoms with E-state index >= 15 is 19.2 Å². The predicted molar refractivity (Wildman–Crippen MR) is 403 cm³/mol. The molecule has 4 aliphatic heterocycles. The van der Waals surface area contributed by atoms with Gasteiger partial charge in [-0.25, -0.2) is 0 Å². The molecule has 16 nitrogen and oxygen atoms in total. The number of rotatable bonds is 20. The summed E-state index contributed by atoms with van der Waals surface area (Å²) < 4.78 is 40.1. The second-order valence-corrected chi connectivity index (χ2v) is 32.1. The highest BCUT2D eigenvalue weighted by Gasteiger charge is 2.43. The summed E-state index contributed by atoms with van der Waals surface area (Å²) in [5.74, 6) is -2.18. The van der Waals surface area contributed by atoms with Gasteiger partial charge in [0.2, 0.25) is 11.8 Å². The molecule has 2 atom stereocenters. The molecule has 0 aromatic heterocycles. The van der Waals surface area contributed by atoms with E-state index in [0.29, 0.717) is 68.5 Å². The zero-order valence-corrected chi connectivity index (χ0v) is 60.8. The van der Waals surface area contributed by atoms with E-state index in [-0.39, 0.29) is 103 Å². The lowest BCUT2D eigenvalue weighted by Crippen LogP contribution is -2.46. The van der Waals surface area contributed by atoms with E-state index in [0.717, 1.165) is 67.1 Å². The minimum atomic E-state index is -0.764. The van der Waals surface area contributed by atoms with Crippen LogP contribution in [-0.2, 0) is 66.7 Å². The number of amides is 6. The Hall–Kier alpha value is -10.9. The Morgan fingerprint density at radius 3 is 0.846 bits per heavy atom. The molecule has 528 valence electrons. The van der Waals surface area contributed by atoms with Gasteiger partial charge in [0.05, 0.1) is 47.7 Å². The average molecular weight is 1390 g/mol. The van der Waals surface area contributed by atoms with E-state index in [1.165, 1.54) is 0 Å². The minimum absolute atomic E-state index is 0.0409. The van der Waals surface area contributed by atoms with E-state index in [1.54, 1.807) is 24.3 Å². The topological polar surface area (TPSA) is 195 Å². The molecule has 2 saturated heterocycles. The van der Waals surface area contributed by atoms with Crippen LogP contribution in [0, 0.1) is 0 Å². The maximum Gasteiger partial charge on any atom is 0.262 e. The third kappa shape index (κ3) is 13.6. The van der Waals surface area contributed by atoms with Crippen molar-refractivity contribution in [1.29, 1.82) is 0 Å². The number of carbonyl (C=O) groups is 6. The molecular weight excluding hydrogens is 1300 g/mol. The first-order valence-corrected chi connectivity index (χ1v) is 35.6. The molecule has 4 heterocycles. The van der Waals surface area contributed by atoms with Gasteiger partial charge in [-0.3, -0.25) is 38.6 Å². The Bertz CT molecular complexity index is 4740. The van der Waals surface area contributed by atoms with E-state index in [4.69, 9.17) is 28.4 Å². The Balaban J connectivity index is 0.997. The number of fused-ring (bicyclic) bond motifs is 2. The molecule has 0 spiro atoms. The van der Waals surface area contributed by atoms with Crippen LogP contribution < -0.4 is 29.6 Å². The van der Waals surface area contributed by atoms with Crippen LogP contribution in [-0.4, -0.2) is 83.8 Å². The lowest BCUT2D eigenvalue weighted by molar-refractivity contribution is -0.122. The van der Waals surface area contributed by atoms with Gasteiger partial charge in [-0.2, -0.15) is 0 Å². The van der Waals surface area contributed by atoms with Crippen molar-refractivity contribution in [1.82, 2.24) is 20.4 Å². The van der Waals surface area contributed by atoms with Crippen LogP contribution in [0.25, 0.3) is 43.1 Å². The molecule has 0 aliphatic carbocycles. The number of epoxide rings is 2. The number of carbonyl (C=O) groups excluding carboxylic acids is 6. The number of nitrogens with one attached hydrogen (secondary N) is 2. The molecule has 11 aromatic carbocycles. The maximum atomic E-state index is 15.9. The van der Waals surface area contributed by atoms with Crippen molar-refractivity contribution in [2.45, 2.75) is 143 Å². The van der Waals surface area contributed by atoms with Crippen LogP contribution in [0.1, 0.15) is 169 Å². The normalized spacial score (nSPS) is 15.9. The van der Waals surface area contributed by atoms with Crippen LogP contribution in [0.3, 0.4) is 0 Å². The van der Waals surface area contributed by atoms with Crippen molar-refractivity contribution in [3.05, 3.63) is 237 Å². The second-order valence-electron chi connectivity index (χ2n) is 32.1. The second kappa shape index (κ2) is 26.1. The van der Waals surface area contributed by atoms with Gasteiger partial charge in [0.1, 0.15) is 59.1 Å². The van der Waals surface area contributed by atoms with Gasteiger partial charge in [0, 0.05) is 69.0 Å². The van der Waals surface area contributed by atoms with Crippen molar-refractivity contribution in [2.24, 2.45) is 0 Å². The summed E-state index contributed by atoms with van der Waals surface area (Å²) in [5, 5.41) is 8.31. The first kappa shape index (κ1) is 68.8. The molecule has 16 heteroatoms. The number of imide groups is 2. The Morgan fingerprint density at radius 2 is 0.606 bits per heavy atom. The molecule has 15 rings (SSSR count). The summed E-state index contributed by atoms with van der Waals surface area (Å²) in [6.45, 7) is 25.8. The molecule has 2 N–H and O–H groups in total. The van der Waals surface area contributed by atoms with E-state index in [9.17, 15) is 9.59 Å². The quantitative estimate of drug-likeness (QED) is 0.0318. The first-order valence-electron chi connectivity index (χ1n) is 35.6. The molecular formula is C88H84N4O12. The third-order valence-corrected chi connectivity index (χ3v) is 20.2. The molecule has 6 amide bonds. The fourth-order valence-corrected chi connectivity index (χ4v) is 14.2. The number of ether oxygens (including phenoxy) is 6. The summed E-state index contributed by atoms with van der Waals surface area (Å²) in [7, 11) is 0. The number of benzene rings is 11. The molecule has 104 heavy (non-hydrogen) atoms. The first-order chi connectivity index (χ1) is 49.5. The van der Waals surface area contributed by atoms with E-state index in [2.05, 4.69) is 93.7 Å². The number of hydrogen-bond acceptors (Lipinski definition) is 12. The van der Waals surface area contributed by atoms with Gasteiger partial charge in [-0.1, -0.05) is 180 Å². The monoisotopic (exact) mass is 1390 g/mol. The van der Waals surface area contributed by atoms with Crippen LogP contribution in [0.2, 0.25) is 0 Å². The molecule has 2 unspecified atom stereocenters. The lowest BCUT2D eigenvalue weighted by Gasteiger charge is -2.32. The van der Waals surface area contributed by atoms with Gasteiger partial charge < -0.3 is 39.1 Å². The van der Waals surface area contributed by atoms with Gasteiger partial charge in [0.15, 0.2) is 0 Å². The third-order valence-electron chi connectivity index (χ3n) is 20.2. The summed E-state index contributed by atoms with van der Waals surface area (Å²) in [5.41, 5.74) is 7.11. The molecule has 2 fully saturated rings. The summed E-state index contributed by atoms with van der Waals surface area (Å²) in [6.07, 6.45) is 1.81. The smallest absolute Gasteiger partial charge is 0.262 e. The SMILES string of the molecule is CC(C)(C)c1ccc(Oc2cc3c4c(cc(Oc5ccc(C(C)(C)C)cc5)c5c6c(Oc7ccc(C(C)(C)C)cc7)cc7c8c(cc(Oc9ccc(C(C)(C)C)cc9)c(c2c45)c86)C(=O)N(CC(=O)NCc2cccc(CC4CO4)c2)C7=O)C(=O)N(CC(=O)NCc2cccc(CC4CO4)c2)C3=O)cc1. The molecule has 0 saturated carbocycles. The van der Waals surface area contributed by atoms with Crippen LogP contribution >= 0.6 is 0 Å². The summed E-state index contributed by atoms with van der Waals surface area (Å²) in [4.78, 5) is 94.6. The highest BCUT2D eigenvalue weighted by Crippen LogP contribution is 2.58. The average Bonchev–Trinajstić information content (AvgIpc) is 0.934. The fourth-order valence-electron chi connectivity index (χ4n) is 14.2. The maximum absolute atomic E-state index is 15.9. The minimum Gasteiger partial charge on any atom is -0.457 e. The number of nitrogens with zero attached hydrogens (tertiary/aromatic N) is 2. The van der Waals surface area contributed by atoms with Crippen molar-refractivity contribution in [3.8, 4) is 46.0 Å². The van der Waals surface area contributed by atoms with Crippen molar-refractivity contribution < 1.29 is 57.2 Å². The van der Waals surface area contributed by atoms with Gasteiger partial charge in [-0.05, 0) is 139 Å². The molecule has 0 bridgehead atoms. The van der Waals surface area contributed by atoms with Crippen molar-refractivity contribution in [3.63, 3.8) is 0 Å². The van der Waals surface area contributed by atoms with Crippen molar-refractivity contribution >= 4 is 78.5 Å². The highest BCUT2D eigenvalue weighted by molar-refractivity contribution is 6.45. The molecule has 4 aliphatic rings. The van der Waals surface area contributed by atoms with Gasteiger partial charge in [-0.15, -0.1) is 0 Å². The van der Waals surface area contributed by atoms with E-state index in [1.807, 2.05) is 146 Å². The fraction of sp³-hybridized carbons (Fsp3) is 0.295. The summed E-state index contributed by atoms with van der Waals surface area (Å²) in [6, 6.07) is 52.8. The van der Waals surface area contributed by atoms with Crippen LogP contribution in [0.15, 0.2) is 170 Å². The highest BCUT2D eigenvalue weighted by atomic mass is 16.6. The number of hydrogen-bond donors (Lipinski definition) is 2. The van der Waals surface area contributed by atoms with Crippen LogP contribution in [0.4, 0.5) is 0 Å². The van der Waals surface area contributed by atoms with E-state index < -0.39 is 48.5 Å². The molecule has 11 aromatic rings. The largest absolute Gasteiger partial charge is 0.457 e. The Morgan fingerprint density at radius 1 is 0.356 bits per heavy atom. The summed E-state index contributed by atoms with van der Waals surface area (Å²) >= 11 is 0. The van der Waals surface area contributed by atoms with Crippen LogP contribution in [0.5, 0.6) is 46.0 Å². The Kier molecular flexibility index (Phi) is 17.3.